The van der Waals surface area contributed by atoms with Crippen LogP contribution in [0.2, 0.25) is 0 Å². The summed E-state index contributed by atoms with van der Waals surface area (Å²) >= 11 is 0. The van der Waals surface area contributed by atoms with E-state index in [0.29, 0.717) is 43.8 Å². The van der Waals surface area contributed by atoms with E-state index in [-0.39, 0.29) is 17.9 Å². The average molecular weight is 588 g/mol. The average Bonchev–Trinajstić information content (AvgIpc) is 3.50. The molecule has 2 aromatic heterocycles. The summed E-state index contributed by atoms with van der Waals surface area (Å²) in [7, 11) is 0. The Morgan fingerprint density at radius 2 is 1.93 bits per heavy atom. The van der Waals surface area contributed by atoms with Gasteiger partial charge in [0, 0.05) is 56.2 Å². The number of aliphatic hydroxyl groups excluding tert-OH is 1. The molecule has 0 bridgehead atoms. The van der Waals surface area contributed by atoms with Crippen molar-refractivity contribution in [1.82, 2.24) is 24.8 Å². The smallest absolute Gasteiger partial charge is 0.251 e. The highest BCUT2D eigenvalue weighted by atomic mass is 16.5. The number of hydrogen-bond donors (Lipinski definition) is 2. The van der Waals surface area contributed by atoms with Crippen molar-refractivity contribution in [2.45, 2.75) is 64.6 Å². The zero-order valence-electron chi connectivity index (χ0n) is 25.2. The van der Waals surface area contributed by atoms with Crippen LogP contribution in [0.25, 0.3) is 22.6 Å². The lowest BCUT2D eigenvalue weighted by molar-refractivity contribution is -0.141. The first-order valence-corrected chi connectivity index (χ1v) is 15.2. The third-order valence-electron chi connectivity index (χ3n) is 8.43. The number of anilines is 1. The van der Waals surface area contributed by atoms with Crippen LogP contribution in [0.1, 0.15) is 58.1 Å². The fourth-order valence-electron chi connectivity index (χ4n) is 5.92. The van der Waals surface area contributed by atoms with Gasteiger partial charge in [-0.15, -0.1) is 0 Å². The highest BCUT2D eigenvalue weighted by Gasteiger charge is 2.30. The Kier molecular flexibility index (Phi) is 9.89. The maximum absolute atomic E-state index is 12.1. The minimum atomic E-state index is -1.00. The summed E-state index contributed by atoms with van der Waals surface area (Å²) in [6.07, 6.45) is 4.96. The summed E-state index contributed by atoms with van der Waals surface area (Å²) in [5.74, 6) is 0.639. The number of allylic oxidation sites excluding steroid dienone is 2. The Morgan fingerprint density at radius 1 is 1.21 bits per heavy atom. The minimum absolute atomic E-state index is 0.0287. The molecule has 2 aliphatic rings. The molecule has 0 radical (unpaired) electrons. The van der Waals surface area contributed by atoms with Gasteiger partial charge in [-0.3, -0.25) is 4.79 Å². The van der Waals surface area contributed by atoms with Gasteiger partial charge in [0.25, 0.3) is 5.91 Å². The van der Waals surface area contributed by atoms with Gasteiger partial charge in [-0.05, 0) is 57.0 Å². The van der Waals surface area contributed by atoms with Gasteiger partial charge in [-0.2, -0.15) is 5.26 Å². The number of nitrogens with zero attached hydrogens (tertiary/aromatic N) is 6. The van der Waals surface area contributed by atoms with Crippen LogP contribution in [-0.2, 0) is 14.3 Å². The fraction of sp³-hybridized carbons (Fsp3) is 0.531. The van der Waals surface area contributed by atoms with Crippen LogP contribution >= 0.6 is 0 Å². The van der Waals surface area contributed by atoms with Crippen LogP contribution in [0.5, 0.6) is 0 Å². The van der Waals surface area contributed by atoms with Gasteiger partial charge in [0.15, 0.2) is 5.65 Å². The maximum atomic E-state index is 12.1. The number of likely N-dealkylation sites (tertiary alicyclic amines) is 1. The van der Waals surface area contributed by atoms with Gasteiger partial charge >= 0.3 is 0 Å². The molecule has 2 fully saturated rings. The molecule has 3 aromatic rings. The first-order valence-electron chi connectivity index (χ1n) is 15.2. The number of morpholine rings is 1. The Bertz CT molecular complexity index is 1450. The van der Waals surface area contributed by atoms with E-state index >= 15 is 0 Å². The number of carbonyl (C=O) groups is 1. The summed E-state index contributed by atoms with van der Waals surface area (Å²) in [6.45, 7) is 9.77. The zero-order chi connectivity index (χ0) is 30.3. The first-order chi connectivity index (χ1) is 20.9. The lowest BCUT2D eigenvalue weighted by Gasteiger charge is -2.34. The van der Waals surface area contributed by atoms with Crippen molar-refractivity contribution in [2.24, 2.45) is 5.92 Å². The molecule has 2 N–H and O–H groups in total. The summed E-state index contributed by atoms with van der Waals surface area (Å²) in [5, 5.41) is 19.8. The lowest BCUT2D eigenvalue weighted by Crippen LogP contribution is -2.44. The molecule has 1 unspecified atom stereocenters. The van der Waals surface area contributed by atoms with Crippen molar-refractivity contribution >= 4 is 22.8 Å². The highest BCUT2D eigenvalue weighted by Crippen LogP contribution is 2.34. The number of fused-ring (bicyclic) bond motifs is 1. The van der Waals surface area contributed by atoms with Crippen LogP contribution in [0, 0.1) is 17.2 Å². The monoisotopic (exact) mass is 587 g/mol. The van der Waals surface area contributed by atoms with E-state index in [1.807, 2.05) is 13.0 Å². The van der Waals surface area contributed by atoms with Crippen LogP contribution in [-0.4, -0.2) is 87.5 Å². The molecular weight excluding hydrogens is 546 g/mol. The van der Waals surface area contributed by atoms with Crippen molar-refractivity contribution in [3.8, 4) is 17.5 Å². The largest absolute Gasteiger partial charge is 0.494 e. The predicted octanol–water partition coefficient (Wildman–Crippen LogP) is 4.17. The number of ether oxygens (including phenoxy) is 2. The number of imidazole rings is 1. The minimum Gasteiger partial charge on any atom is -0.494 e. The zero-order valence-corrected chi connectivity index (χ0v) is 25.2. The number of nitriles is 1. The van der Waals surface area contributed by atoms with E-state index in [1.165, 1.54) is 6.92 Å². The van der Waals surface area contributed by atoms with Crippen molar-refractivity contribution in [2.75, 3.05) is 44.3 Å². The Morgan fingerprint density at radius 3 is 2.56 bits per heavy atom. The van der Waals surface area contributed by atoms with Crippen molar-refractivity contribution < 1.29 is 19.4 Å². The third-order valence-corrected chi connectivity index (χ3v) is 8.43. The molecule has 0 aliphatic carbocycles. The Balaban J connectivity index is 1.29. The lowest BCUT2D eigenvalue weighted by atomic mass is 9.88. The molecular formula is C32H41N7O4. The van der Waals surface area contributed by atoms with Crippen LogP contribution in [0.15, 0.2) is 42.4 Å². The number of aromatic amines is 1. The number of nitrogens with one attached hydrogen (secondary N) is 1. The third kappa shape index (κ3) is 6.98. The number of aliphatic hydroxyl groups is 1. The van der Waals surface area contributed by atoms with E-state index in [2.05, 4.69) is 57.1 Å². The van der Waals surface area contributed by atoms with Crippen LogP contribution < -0.4 is 4.90 Å². The number of amides is 1. The highest BCUT2D eigenvalue weighted by molar-refractivity contribution is 5.80. The summed E-state index contributed by atoms with van der Waals surface area (Å²) in [6, 6.07) is 10.8. The van der Waals surface area contributed by atoms with Gasteiger partial charge in [0.2, 0.25) is 0 Å². The summed E-state index contributed by atoms with van der Waals surface area (Å²) in [5.41, 5.74) is 4.34. The number of hydrogen-bond acceptors (Lipinski definition) is 9. The number of aromatic nitrogens is 4. The number of carbonyl (C=O) groups excluding carboxylic acids is 1. The van der Waals surface area contributed by atoms with Gasteiger partial charge in [0.1, 0.15) is 41.6 Å². The molecule has 43 heavy (non-hydrogen) atoms. The molecule has 0 saturated carbocycles. The molecule has 5 rings (SSSR count). The quantitative estimate of drug-likeness (QED) is 0.334. The predicted molar refractivity (Wildman–Crippen MR) is 163 cm³/mol. The second-order valence-corrected chi connectivity index (χ2v) is 11.2. The normalized spacial score (nSPS) is 18.7. The second-order valence-electron chi connectivity index (χ2n) is 11.2. The number of piperidine rings is 1. The standard InChI is InChI=1S/C32H41N7O4/c1-4-22(18-24(19-33)27(5-2)43-26-10-12-39(13-11-26)32(41)21(3)40)28-29-31(35-20-34-28)37-30(36-29)23-6-8-25(9-7-23)38-14-16-42-17-15-38/h5-9,20-22,24,26,40H,4,10-18H2,1-3H3,(H,34,35,36,37)/b27-5+/t21-,22?,24-/m0/s1. The van der Waals surface area contributed by atoms with E-state index in [0.717, 1.165) is 61.0 Å². The van der Waals surface area contributed by atoms with Gasteiger partial charge in [-0.25, -0.2) is 15.0 Å². The summed E-state index contributed by atoms with van der Waals surface area (Å²) in [4.78, 5) is 33.5. The molecule has 1 amide bonds. The number of benzene rings is 1. The van der Waals surface area contributed by atoms with E-state index in [9.17, 15) is 15.2 Å². The Hall–Kier alpha value is -4.01. The molecule has 4 heterocycles. The van der Waals surface area contributed by atoms with Gasteiger partial charge in [-0.1, -0.05) is 6.92 Å². The molecule has 2 saturated heterocycles. The molecule has 1 aromatic carbocycles. The number of rotatable bonds is 10. The van der Waals surface area contributed by atoms with Crippen molar-refractivity contribution in [3.05, 3.63) is 48.1 Å². The SMILES string of the molecule is C/C=C(/OC1CCN(C(=O)[C@H](C)O)CC1)[C@H](C#N)CC(CC)c1ncnc2[nH]c(-c3ccc(N4CCOCC4)cc3)nc12. The van der Waals surface area contributed by atoms with E-state index in [1.54, 1.807) is 11.2 Å². The Labute approximate surface area is 252 Å². The second kappa shape index (κ2) is 14.0. The van der Waals surface area contributed by atoms with Crippen LogP contribution in [0.3, 0.4) is 0 Å². The fourth-order valence-corrected chi connectivity index (χ4v) is 5.92. The first kappa shape index (κ1) is 30.4. The molecule has 2 aliphatic heterocycles. The van der Waals surface area contributed by atoms with Gasteiger partial charge in [0.05, 0.1) is 25.0 Å². The molecule has 11 heteroatoms. The summed E-state index contributed by atoms with van der Waals surface area (Å²) < 4.78 is 11.8. The molecule has 228 valence electrons. The molecule has 0 spiro atoms. The van der Waals surface area contributed by atoms with Crippen LogP contribution in [0.4, 0.5) is 5.69 Å². The van der Waals surface area contributed by atoms with Crippen molar-refractivity contribution in [3.63, 3.8) is 0 Å². The topological polar surface area (TPSA) is 140 Å². The maximum Gasteiger partial charge on any atom is 0.251 e. The number of H-pyrrole nitrogens is 1. The van der Waals surface area contributed by atoms with E-state index in [4.69, 9.17) is 14.5 Å². The van der Waals surface area contributed by atoms with E-state index < -0.39 is 12.0 Å². The van der Waals surface area contributed by atoms with Gasteiger partial charge < -0.3 is 29.4 Å². The molecule has 3 atom stereocenters. The van der Waals surface area contributed by atoms with Crippen molar-refractivity contribution in [1.29, 1.82) is 5.26 Å². The molecule has 11 nitrogen and oxygen atoms in total.